The zero-order valence-corrected chi connectivity index (χ0v) is 14.6. The van der Waals surface area contributed by atoms with Crippen LogP contribution in [0.4, 0.5) is 0 Å². The first-order valence-electron chi connectivity index (χ1n) is 8.88. The SMILES string of the molecule is Cc1ccc(OCCC(=O)N2CCCCC2C2OCCO2)cc1C. The average Bonchev–Trinajstić information content (AvgIpc) is 3.12. The molecular weight excluding hydrogens is 306 g/mol. The minimum absolute atomic E-state index is 0.0513. The molecule has 3 rings (SSSR count). The average molecular weight is 333 g/mol. The largest absolute Gasteiger partial charge is 0.493 e. The lowest BCUT2D eigenvalue weighted by Gasteiger charge is -2.38. The van der Waals surface area contributed by atoms with Crippen LogP contribution < -0.4 is 4.74 Å². The van der Waals surface area contributed by atoms with E-state index in [0.29, 0.717) is 26.2 Å². The summed E-state index contributed by atoms with van der Waals surface area (Å²) in [4.78, 5) is 14.5. The van der Waals surface area contributed by atoms with Gasteiger partial charge in [0.15, 0.2) is 6.29 Å². The van der Waals surface area contributed by atoms with Gasteiger partial charge in [-0.25, -0.2) is 0 Å². The van der Waals surface area contributed by atoms with Crippen LogP contribution in [-0.4, -0.2) is 49.5 Å². The van der Waals surface area contributed by atoms with Gasteiger partial charge >= 0.3 is 0 Å². The summed E-state index contributed by atoms with van der Waals surface area (Å²) in [6.45, 7) is 6.57. The number of likely N-dealkylation sites (tertiary alicyclic amines) is 1. The fourth-order valence-electron chi connectivity index (χ4n) is 3.35. The fourth-order valence-corrected chi connectivity index (χ4v) is 3.35. The van der Waals surface area contributed by atoms with Crippen LogP contribution in [0, 0.1) is 13.8 Å². The molecule has 1 amide bonds. The number of hydrogen-bond acceptors (Lipinski definition) is 4. The Morgan fingerprint density at radius 1 is 1.21 bits per heavy atom. The molecule has 1 atom stereocenters. The van der Waals surface area contributed by atoms with Gasteiger partial charge in [0.05, 0.1) is 32.3 Å². The summed E-state index contributed by atoms with van der Waals surface area (Å²) in [6.07, 6.45) is 3.25. The van der Waals surface area contributed by atoms with E-state index in [4.69, 9.17) is 14.2 Å². The molecule has 1 aromatic rings. The highest BCUT2D eigenvalue weighted by molar-refractivity contribution is 5.76. The molecule has 2 aliphatic heterocycles. The molecule has 132 valence electrons. The van der Waals surface area contributed by atoms with Gasteiger partial charge in [0.25, 0.3) is 0 Å². The minimum atomic E-state index is -0.255. The van der Waals surface area contributed by atoms with Gasteiger partial charge in [-0.05, 0) is 56.4 Å². The summed E-state index contributed by atoms with van der Waals surface area (Å²) >= 11 is 0. The number of aryl methyl sites for hydroxylation is 2. The van der Waals surface area contributed by atoms with Crippen molar-refractivity contribution in [1.82, 2.24) is 4.90 Å². The van der Waals surface area contributed by atoms with Crippen LogP contribution in [0.3, 0.4) is 0 Å². The van der Waals surface area contributed by atoms with Gasteiger partial charge in [0, 0.05) is 6.54 Å². The van der Waals surface area contributed by atoms with Crippen molar-refractivity contribution >= 4 is 5.91 Å². The molecule has 5 nitrogen and oxygen atoms in total. The number of nitrogens with zero attached hydrogens (tertiary/aromatic N) is 1. The highest BCUT2D eigenvalue weighted by atomic mass is 16.7. The number of hydrogen-bond donors (Lipinski definition) is 0. The number of amides is 1. The Balaban J connectivity index is 1.52. The molecule has 0 aliphatic carbocycles. The van der Waals surface area contributed by atoms with Crippen molar-refractivity contribution in [3.05, 3.63) is 29.3 Å². The number of benzene rings is 1. The number of carbonyl (C=O) groups excluding carboxylic acids is 1. The number of rotatable bonds is 5. The van der Waals surface area contributed by atoms with Gasteiger partial charge in [-0.2, -0.15) is 0 Å². The molecule has 2 aliphatic rings. The monoisotopic (exact) mass is 333 g/mol. The van der Waals surface area contributed by atoms with Gasteiger partial charge in [-0.3, -0.25) is 4.79 Å². The lowest BCUT2D eigenvalue weighted by molar-refractivity contribution is -0.151. The molecule has 1 unspecified atom stereocenters. The third-order valence-electron chi connectivity index (χ3n) is 4.89. The second kappa shape index (κ2) is 7.99. The predicted molar refractivity (Wildman–Crippen MR) is 91.1 cm³/mol. The number of carbonyl (C=O) groups is 1. The minimum Gasteiger partial charge on any atom is -0.493 e. The number of piperidine rings is 1. The molecule has 0 radical (unpaired) electrons. The molecule has 24 heavy (non-hydrogen) atoms. The number of ether oxygens (including phenoxy) is 3. The Hall–Kier alpha value is -1.59. The van der Waals surface area contributed by atoms with E-state index < -0.39 is 0 Å². The van der Waals surface area contributed by atoms with Crippen LogP contribution in [-0.2, 0) is 14.3 Å². The standard InChI is InChI=1S/C19H27NO4/c1-14-6-7-16(13-15(14)2)22-10-8-18(21)20-9-4-3-5-17(20)19-23-11-12-24-19/h6-7,13,17,19H,3-5,8-12H2,1-2H3. The maximum absolute atomic E-state index is 12.6. The normalized spacial score (nSPS) is 21.9. The predicted octanol–water partition coefficient (Wildman–Crippen LogP) is 2.83. The first-order chi connectivity index (χ1) is 11.6. The molecule has 5 heteroatoms. The van der Waals surface area contributed by atoms with Crippen molar-refractivity contribution in [3.8, 4) is 5.75 Å². The van der Waals surface area contributed by atoms with E-state index in [-0.39, 0.29) is 18.2 Å². The maximum atomic E-state index is 12.6. The lowest BCUT2D eigenvalue weighted by Crippen LogP contribution is -2.50. The Morgan fingerprint density at radius 3 is 2.75 bits per heavy atom. The van der Waals surface area contributed by atoms with E-state index in [1.807, 2.05) is 23.1 Å². The van der Waals surface area contributed by atoms with Crippen molar-refractivity contribution in [1.29, 1.82) is 0 Å². The first kappa shape index (κ1) is 17.2. The second-order valence-corrected chi connectivity index (χ2v) is 6.60. The van der Waals surface area contributed by atoms with E-state index in [2.05, 4.69) is 13.8 Å². The molecular formula is C19H27NO4. The van der Waals surface area contributed by atoms with E-state index in [0.717, 1.165) is 31.6 Å². The summed E-state index contributed by atoms with van der Waals surface area (Å²) in [5, 5.41) is 0. The Kier molecular flexibility index (Phi) is 5.74. The zero-order valence-electron chi connectivity index (χ0n) is 14.6. The Morgan fingerprint density at radius 2 is 2.00 bits per heavy atom. The van der Waals surface area contributed by atoms with E-state index in [1.165, 1.54) is 11.1 Å². The molecule has 0 saturated carbocycles. The van der Waals surface area contributed by atoms with E-state index in [1.54, 1.807) is 0 Å². The van der Waals surface area contributed by atoms with Crippen molar-refractivity contribution < 1.29 is 19.0 Å². The van der Waals surface area contributed by atoms with Crippen LogP contribution in [0.5, 0.6) is 5.75 Å². The van der Waals surface area contributed by atoms with Crippen LogP contribution in [0.2, 0.25) is 0 Å². The first-order valence-corrected chi connectivity index (χ1v) is 8.88. The van der Waals surface area contributed by atoms with Crippen molar-refractivity contribution in [2.75, 3.05) is 26.4 Å². The maximum Gasteiger partial charge on any atom is 0.226 e. The summed E-state index contributed by atoms with van der Waals surface area (Å²) < 4.78 is 17.0. The summed E-state index contributed by atoms with van der Waals surface area (Å²) in [6, 6.07) is 6.07. The zero-order chi connectivity index (χ0) is 16.9. The van der Waals surface area contributed by atoms with Crippen LogP contribution >= 0.6 is 0 Å². The molecule has 2 saturated heterocycles. The Bertz CT molecular complexity index is 568. The molecule has 0 bridgehead atoms. The third kappa shape index (κ3) is 4.08. The smallest absolute Gasteiger partial charge is 0.226 e. The molecule has 0 N–H and O–H groups in total. The fraction of sp³-hybridized carbons (Fsp3) is 0.632. The third-order valence-corrected chi connectivity index (χ3v) is 4.89. The van der Waals surface area contributed by atoms with Crippen LogP contribution in [0.1, 0.15) is 36.8 Å². The highest BCUT2D eigenvalue weighted by Gasteiger charge is 2.35. The molecule has 1 aromatic carbocycles. The topological polar surface area (TPSA) is 48.0 Å². The summed E-state index contributed by atoms with van der Waals surface area (Å²) in [5.74, 6) is 0.950. The molecule has 2 fully saturated rings. The van der Waals surface area contributed by atoms with Gasteiger partial charge in [-0.1, -0.05) is 6.07 Å². The Labute approximate surface area is 143 Å². The van der Waals surface area contributed by atoms with Crippen molar-refractivity contribution in [2.45, 2.75) is 51.9 Å². The second-order valence-electron chi connectivity index (χ2n) is 6.60. The van der Waals surface area contributed by atoms with Gasteiger partial charge in [-0.15, -0.1) is 0 Å². The summed E-state index contributed by atoms with van der Waals surface area (Å²) in [7, 11) is 0. The lowest BCUT2D eigenvalue weighted by atomic mass is 10.0. The van der Waals surface area contributed by atoms with Gasteiger partial charge < -0.3 is 19.1 Å². The summed E-state index contributed by atoms with van der Waals surface area (Å²) in [5.41, 5.74) is 2.44. The molecule has 2 heterocycles. The van der Waals surface area contributed by atoms with Crippen LogP contribution in [0.25, 0.3) is 0 Å². The van der Waals surface area contributed by atoms with Crippen molar-refractivity contribution in [2.24, 2.45) is 0 Å². The van der Waals surface area contributed by atoms with Crippen molar-refractivity contribution in [3.63, 3.8) is 0 Å². The van der Waals surface area contributed by atoms with E-state index >= 15 is 0 Å². The van der Waals surface area contributed by atoms with Gasteiger partial charge in [0.1, 0.15) is 5.75 Å². The van der Waals surface area contributed by atoms with Gasteiger partial charge in [0.2, 0.25) is 5.91 Å². The molecule has 0 spiro atoms. The quantitative estimate of drug-likeness (QED) is 0.831. The highest BCUT2D eigenvalue weighted by Crippen LogP contribution is 2.25. The van der Waals surface area contributed by atoms with E-state index in [9.17, 15) is 4.79 Å². The molecule has 0 aromatic heterocycles. The van der Waals surface area contributed by atoms with Crippen LogP contribution in [0.15, 0.2) is 18.2 Å².